The van der Waals surface area contributed by atoms with Crippen LogP contribution in [0.3, 0.4) is 0 Å². The molecule has 0 unspecified atom stereocenters. The van der Waals surface area contributed by atoms with Crippen LogP contribution in [-0.2, 0) is 11.3 Å². The second-order valence-corrected chi connectivity index (χ2v) is 4.67. The molecule has 0 aliphatic heterocycles. The number of nitrogens with zero attached hydrogens (tertiary/aromatic N) is 2. The summed E-state index contributed by atoms with van der Waals surface area (Å²) in [4.78, 5) is 4.39. The molecule has 18 heavy (non-hydrogen) atoms. The highest BCUT2D eigenvalue weighted by Gasteiger charge is 2.07. The van der Waals surface area contributed by atoms with E-state index in [-0.39, 0.29) is 0 Å². The first kappa shape index (κ1) is 12.9. The molecule has 0 saturated carbocycles. The quantitative estimate of drug-likeness (QED) is 0.798. The molecular formula is C14H21N3O. The van der Waals surface area contributed by atoms with E-state index in [4.69, 9.17) is 10.5 Å². The molecule has 1 heterocycles. The number of hydrogen-bond donors (Lipinski definition) is 1. The first-order chi connectivity index (χ1) is 8.72. The van der Waals surface area contributed by atoms with Crippen LogP contribution in [0.1, 0.15) is 24.8 Å². The Morgan fingerprint density at radius 3 is 2.89 bits per heavy atom. The Balaban J connectivity index is 2.07. The molecule has 2 aromatic rings. The van der Waals surface area contributed by atoms with Gasteiger partial charge in [-0.15, -0.1) is 0 Å². The first-order valence-corrected chi connectivity index (χ1v) is 6.43. The normalized spacial score (nSPS) is 11.2. The number of anilines is 1. The summed E-state index contributed by atoms with van der Waals surface area (Å²) in [5.41, 5.74) is 9.33. The van der Waals surface area contributed by atoms with Crippen molar-refractivity contribution in [2.75, 3.05) is 19.5 Å². The Kier molecular flexibility index (Phi) is 4.20. The second-order valence-electron chi connectivity index (χ2n) is 4.67. The van der Waals surface area contributed by atoms with Crippen LogP contribution >= 0.6 is 0 Å². The number of nitrogens with two attached hydrogens (primary N) is 1. The molecular weight excluding hydrogens is 226 g/mol. The monoisotopic (exact) mass is 247 g/mol. The Morgan fingerprint density at radius 2 is 2.11 bits per heavy atom. The highest BCUT2D eigenvalue weighted by molar-refractivity contribution is 5.79. The van der Waals surface area contributed by atoms with Crippen molar-refractivity contribution in [3.05, 3.63) is 23.8 Å². The molecule has 98 valence electrons. The van der Waals surface area contributed by atoms with E-state index in [0.29, 0.717) is 5.95 Å². The number of benzene rings is 1. The fourth-order valence-electron chi connectivity index (χ4n) is 2.18. The van der Waals surface area contributed by atoms with E-state index in [2.05, 4.69) is 28.6 Å². The predicted octanol–water partition coefficient (Wildman–Crippen LogP) is 2.74. The minimum Gasteiger partial charge on any atom is -0.385 e. The van der Waals surface area contributed by atoms with E-state index in [1.165, 1.54) is 5.56 Å². The summed E-state index contributed by atoms with van der Waals surface area (Å²) in [6.07, 6.45) is 3.35. The number of hydrogen-bond acceptors (Lipinski definition) is 3. The summed E-state index contributed by atoms with van der Waals surface area (Å²) >= 11 is 0. The van der Waals surface area contributed by atoms with Crippen molar-refractivity contribution in [2.45, 2.75) is 32.7 Å². The zero-order valence-corrected chi connectivity index (χ0v) is 11.1. The maximum absolute atomic E-state index is 5.97. The van der Waals surface area contributed by atoms with Crippen molar-refractivity contribution >= 4 is 17.0 Å². The van der Waals surface area contributed by atoms with E-state index < -0.39 is 0 Å². The van der Waals surface area contributed by atoms with Gasteiger partial charge in [-0.25, -0.2) is 4.98 Å². The van der Waals surface area contributed by atoms with E-state index in [9.17, 15) is 0 Å². The highest BCUT2D eigenvalue weighted by atomic mass is 16.5. The number of fused-ring (bicyclic) bond motifs is 1. The van der Waals surface area contributed by atoms with Gasteiger partial charge in [-0.1, -0.05) is 6.07 Å². The van der Waals surface area contributed by atoms with Gasteiger partial charge in [0, 0.05) is 20.3 Å². The fourth-order valence-corrected chi connectivity index (χ4v) is 2.18. The lowest BCUT2D eigenvalue weighted by Gasteiger charge is -2.06. The van der Waals surface area contributed by atoms with Crippen LogP contribution in [-0.4, -0.2) is 23.3 Å². The molecule has 0 bridgehead atoms. The summed E-state index contributed by atoms with van der Waals surface area (Å²) < 4.78 is 7.15. The van der Waals surface area contributed by atoms with Crippen molar-refractivity contribution in [1.82, 2.24) is 9.55 Å². The van der Waals surface area contributed by atoms with Gasteiger partial charge in [-0.2, -0.15) is 0 Å². The molecule has 0 aliphatic rings. The number of imidazole rings is 1. The molecule has 1 aromatic carbocycles. The Labute approximate surface area is 108 Å². The Morgan fingerprint density at radius 1 is 1.28 bits per heavy atom. The Bertz CT molecular complexity index is 519. The summed E-state index contributed by atoms with van der Waals surface area (Å²) in [5, 5.41) is 0. The average molecular weight is 247 g/mol. The number of nitrogen functional groups attached to an aromatic ring is 1. The number of aryl methyl sites for hydroxylation is 2. The third-order valence-corrected chi connectivity index (χ3v) is 3.16. The summed E-state index contributed by atoms with van der Waals surface area (Å²) in [6.45, 7) is 3.85. The van der Waals surface area contributed by atoms with Crippen LogP contribution < -0.4 is 5.73 Å². The lowest BCUT2D eigenvalue weighted by atomic mass is 10.2. The van der Waals surface area contributed by atoms with Gasteiger partial charge in [0.1, 0.15) is 0 Å². The van der Waals surface area contributed by atoms with Crippen molar-refractivity contribution in [3.63, 3.8) is 0 Å². The van der Waals surface area contributed by atoms with Crippen molar-refractivity contribution in [2.24, 2.45) is 0 Å². The van der Waals surface area contributed by atoms with Crippen LogP contribution in [0.4, 0.5) is 5.95 Å². The summed E-state index contributed by atoms with van der Waals surface area (Å²) in [6, 6.07) is 6.24. The van der Waals surface area contributed by atoms with Crippen LogP contribution in [0.2, 0.25) is 0 Å². The molecule has 2 N–H and O–H groups in total. The molecule has 0 aliphatic carbocycles. The number of rotatable bonds is 6. The standard InChI is InChI=1S/C14H21N3O/c1-11-6-7-12-13(10-11)17(14(15)16-12)8-4-3-5-9-18-2/h6-7,10H,3-5,8-9H2,1-2H3,(H2,15,16). The molecule has 0 atom stereocenters. The lowest BCUT2D eigenvalue weighted by Crippen LogP contribution is -2.04. The first-order valence-electron chi connectivity index (χ1n) is 6.43. The molecule has 0 amide bonds. The van der Waals surface area contributed by atoms with Crippen LogP contribution in [0.5, 0.6) is 0 Å². The van der Waals surface area contributed by atoms with Crippen LogP contribution in [0.15, 0.2) is 18.2 Å². The zero-order valence-electron chi connectivity index (χ0n) is 11.1. The van der Waals surface area contributed by atoms with Crippen molar-refractivity contribution in [1.29, 1.82) is 0 Å². The summed E-state index contributed by atoms with van der Waals surface area (Å²) in [7, 11) is 1.74. The third kappa shape index (κ3) is 2.82. The Hall–Kier alpha value is -1.55. The smallest absolute Gasteiger partial charge is 0.201 e. The van der Waals surface area contributed by atoms with E-state index >= 15 is 0 Å². The van der Waals surface area contributed by atoms with Crippen molar-refractivity contribution in [3.8, 4) is 0 Å². The number of ether oxygens (including phenoxy) is 1. The van der Waals surface area contributed by atoms with E-state index in [0.717, 1.165) is 43.4 Å². The molecule has 2 rings (SSSR count). The topological polar surface area (TPSA) is 53.1 Å². The fraction of sp³-hybridized carbons (Fsp3) is 0.500. The largest absolute Gasteiger partial charge is 0.385 e. The highest BCUT2D eigenvalue weighted by Crippen LogP contribution is 2.20. The molecule has 1 aromatic heterocycles. The van der Waals surface area contributed by atoms with Crippen molar-refractivity contribution < 1.29 is 4.74 Å². The average Bonchev–Trinajstić information content (AvgIpc) is 2.65. The number of aromatic nitrogens is 2. The number of methoxy groups -OCH3 is 1. The van der Waals surface area contributed by atoms with Crippen LogP contribution in [0, 0.1) is 6.92 Å². The van der Waals surface area contributed by atoms with Gasteiger partial charge in [-0.05, 0) is 43.9 Å². The van der Waals surface area contributed by atoms with Crippen LogP contribution in [0.25, 0.3) is 11.0 Å². The number of unbranched alkanes of at least 4 members (excludes halogenated alkanes) is 2. The maximum Gasteiger partial charge on any atom is 0.201 e. The van der Waals surface area contributed by atoms with Gasteiger partial charge in [0.2, 0.25) is 5.95 Å². The molecule has 0 spiro atoms. The van der Waals surface area contributed by atoms with Gasteiger partial charge in [0.25, 0.3) is 0 Å². The second kappa shape index (κ2) is 5.87. The minimum absolute atomic E-state index is 0.613. The van der Waals surface area contributed by atoms with E-state index in [1.54, 1.807) is 7.11 Å². The minimum atomic E-state index is 0.613. The van der Waals surface area contributed by atoms with E-state index in [1.807, 2.05) is 6.07 Å². The maximum atomic E-state index is 5.97. The SMILES string of the molecule is COCCCCCn1c(N)nc2ccc(C)cc21. The molecule has 4 heteroatoms. The van der Waals surface area contributed by atoms with Gasteiger partial charge in [0.15, 0.2) is 0 Å². The molecule has 0 saturated heterocycles. The molecule has 0 radical (unpaired) electrons. The van der Waals surface area contributed by atoms with Gasteiger partial charge >= 0.3 is 0 Å². The lowest BCUT2D eigenvalue weighted by molar-refractivity contribution is 0.191. The van der Waals surface area contributed by atoms with Gasteiger partial charge < -0.3 is 15.0 Å². The molecule has 0 fully saturated rings. The zero-order chi connectivity index (χ0) is 13.0. The van der Waals surface area contributed by atoms with Gasteiger partial charge in [0.05, 0.1) is 11.0 Å². The van der Waals surface area contributed by atoms with Gasteiger partial charge in [-0.3, -0.25) is 0 Å². The third-order valence-electron chi connectivity index (χ3n) is 3.16. The predicted molar refractivity (Wildman–Crippen MR) is 74.6 cm³/mol. The molecule has 4 nitrogen and oxygen atoms in total. The summed E-state index contributed by atoms with van der Waals surface area (Å²) in [5.74, 6) is 0.613.